The Morgan fingerprint density at radius 3 is 2.03 bits per heavy atom. The molecule has 3 nitrogen and oxygen atoms in total. The largest absolute Gasteiger partial charge is 0.394 e. The first kappa shape index (κ1) is 24.4. The topological polar surface area (TPSA) is 42.1 Å². The summed E-state index contributed by atoms with van der Waals surface area (Å²) in [5.74, 6) is -0.121. The van der Waals surface area contributed by atoms with E-state index in [9.17, 15) is 4.79 Å². The second-order valence-corrected chi connectivity index (χ2v) is 13.5. The number of halogens is 1. The van der Waals surface area contributed by atoms with E-state index in [2.05, 4.69) is 54.0 Å². The van der Waals surface area contributed by atoms with Gasteiger partial charge in [0, 0.05) is 32.4 Å². The Bertz CT molecular complexity index is 1710. The molecule has 1 heterocycles. The van der Waals surface area contributed by atoms with Crippen molar-refractivity contribution >= 4 is 57.9 Å². The van der Waals surface area contributed by atoms with Gasteiger partial charge in [0.2, 0.25) is 0 Å². The van der Waals surface area contributed by atoms with Crippen molar-refractivity contribution in [1.29, 1.82) is 0 Å². The fourth-order valence-electron chi connectivity index (χ4n) is 5.22. The predicted molar refractivity (Wildman–Crippen MR) is 159 cm³/mol. The predicted octanol–water partition coefficient (Wildman–Crippen LogP) is 7.30. The molecule has 1 N–H and O–H groups in total. The number of hydrogen-bond acceptors (Lipinski definition) is 2. The molecule has 6 aromatic rings. The number of aromatic nitrogens is 1. The number of fused-ring (bicyclic) bond motifs is 3. The normalized spacial score (nSPS) is 12.6. The number of nitrogens with one attached hydrogen (secondary N) is 1. The van der Waals surface area contributed by atoms with Crippen LogP contribution in [0.1, 0.15) is 22.0 Å². The Balaban J connectivity index is 1.58. The number of benzene rings is 5. The van der Waals surface area contributed by atoms with E-state index in [0.29, 0.717) is 10.6 Å². The Morgan fingerprint density at radius 2 is 1.34 bits per heavy atom. The van der Waals surface area contributed by atoms with E-state index >= 15 is 0 Å². The van der Waals surface area contributed by atoms with Gasteiger partial charge in [0.25, 0.3) is 8.32 Å². The Hall–Kier alpha value is -3.96. The molecular formula is C33H26ClNO2Si. The van der Waals surface area contributed by atoms with E-state index in [1.807, 2.05) is 60.7 Å². The number of H-pyrrole nitrogens is 1. The van der Waals surface area contributed by atoms with Crippen LogP contribution in [-0.4, -0.2) is 19.1 Å². The molecule has 0 spiro atoms. The molecule has 6 rings (SSSR count). The summed E-state index contributed by atoms with van der Waals surface area (Å²) in [6.45, 7) is 2.17. The third-order valence-corrected chi connectivity index (χ3v) is 11.0. The van der Waals surface area contributed by atoms with Gasteiger partial charge in [-0.2, -0.15) is 0 Å². The number of para-hydroxylation sites is 2. The highest BCUT2D eigenvalue weighted by molar-refractivity contribution is 6.96. The van der Waals surface area contributed by atoms with Crippen LogP contribution in [0.25, 0.3) is 21.8 Å². The molecule has 0 saturated heterocycles. The molecule has 1 aromatic heterocycles. The van der Waals surface area contributed by atoms with Gasteiger partial charge in [-0.3, -0.25) is 4.79 Å². The summed E-state index contributed by atoms with van der Waals surface area (Å²) in [7, 11) is -2.85. The van der Waals surface area contributed by atoms with Crippen molar-refractivity contribution < 1.29 is 9.22 Å². The summed E-state index contributed by atoms with van der Waals surface area (Å²) >= 11 is 6.32. The van der Waals surface area contributed by atoms with Gasteiger partial charge in [0.15, 0.2) is 5.78 Å². The molecule has 0 aliphatic rings. The van der Waals surface area contributed by atoms with E-state index in [1.54, 1.807) is 24.3 Å². The van der Waals surface area contributed by atoms with Crippen LogP contribution < -0.4 is 10.4 Å². The first-order valence-corrected chi connectivity index (χ1v) is 15.4. The second-order valence-electron chi connectivity index (χ2n) is 9.58. The quantitative estimate of drug-likeness (QED) is 0.173. The third kappa shape index (κ3) is 4.37. The third-order valence-electron chi connectivity index (χ3n) is 7.21. The molecule has 0 aliphatic carbocycles. The molecule has 0 unspecified atom stereocenters. The maximum atomic E-state index is 14.3. The molecule has 0 fully saturated rings. The molecule has 0 amide bonds. The Labute approximate surface area is 227 Å². The van der Waals surface area contributed by atoms with Crippen molar-refractivity contribution in [3.8, 4) is 0 Å². The average Bonchev–Trinajstić information content (AvgIpc) is 3.35. The first-order chi connectivity index (χ1) is 18.5. The summed E-state index contributed by atoms with van der Waals surface area (Å²) in [4.78, 5) is 17.9. The molecule has 5 heteroatoms. The minimum atomic E-state index is -2.85. The zero-order valence-electron chi connectivity index (χ0n) is 20.9. The maximum absolute atomic E-state index is 14.3. The van der Waals surface area contributed by atoms with Crippen LogP contribution >= 0.6 is 11.6 Å². The van der Waals surface area contributed by atoms with Gasteiger partial charge in [-0.15, -0.1) is 0 Å². The molecule has 0 radical (unpaired) electrons. The zero-order valence-corrected chi connectivity index (χ0v) is 22.7. The van der Waals surface area contributed by atoms with Crippen molar-refractivity contribution in [1.82, 2.24) is 4.98 Å². The standard InChI is InChI=1S/C33H26ClNO2Si/c1-38(25-14-4-2-5-15-25,26-16-6-3-7-17-26)37-33(32(36)23-12-10-13-24(34)22-23)29-20-11-19-28-27-18-8-9-21-30(27)35-31(28)29/h2-22,33,35H,1H3/t33-/m0/s1. The Morgan fingerprint density at radius 1 is 0.737 bits per heavy atom. The summed E-state index contributed by atoms with van der Waals surface area (Å²) in [6.07, 6.45) is -0.845. The van der Waals surface area contributed by atoms with Crippen molar-refractivity contribution in [2.45, 2.75) is 12.7 Å². The molecule has 186 valence electrons. The lowest BCUT2D eigenvalue weighted by Gasteiger charge is -2.33. The van der Waals surface area contributed by atoms with Gasteiger partial charge in [0.05, 0.1) is 5.52 Å². The minimum Gasteiger partial charge on any atom is -0.394 e. The second kappa shape index (κ2) is 10.1. The maximum Gasteiger partial charge on any atom is 0.254 e. The average molecular weight is 532 g/mol. The van der Waals surface area contributed by atoms with E-state index in [0.717, 1.165) is 37.7 Å². The van der Waals surface area contributed by atoms with Gasteiger partial charge in [-0.1, -0.05) is 121 Å². The Kier molecular flexibility index (Phi) is 6.46. The van der Waals surface area contributed by atoms with Crippen LogP contribution in [0.2, 0.25) is 11.6 Å². The zero-order chi connectivity index (χ0) is 26.1. The van der Waals surface area contributed by atoms with Crippen LogP contribution in [0.5, 0.6) is 0 Å². The van der Waals surface area contributed by atoms with Crippen molar-refractivity contribution in [3.05, 3.63) is 144 Å². The lowest BCUT2D eigenvalue weighted by molar-refractivity contribution is 0.0788. The number of carbonyl (C=O) groups is 1. The number of aromatic amines is 1. The molecule has 0 bridgehead atoms. The SMILES string of the molecule is C[Si](O[C@H](C(=O)c1cccc(Cl)c1)c1cccc2c1[nH]c1ccccc12)(c1ccccc1)c1ccccc1. The number of rotatable bonds is 7. The van der Waals surface area contributed by atoms with Gasteiger partial charge in [-0.25, -0.2) is 0 Å². The number of hydrogen-bond donors (Lipinski definition) is 1. The van der Waals surface area contributed by atoms with Gasteiger partial charge >= 0.3 is 0 Å². The molecule has 0 aliphatic heterocycles. The van der Waals surface area contributed by atoms with Crippen LogP contribution in [0.4, 0.5) is 0 Å². The van der Waals surface area contributed by atoms with E-state index < -0.39 is 14.4 Å². The van der Waals surface area contributed by atoms with Crippen LogP contribution in [0.15, 0.2) is 127 Å². The lowest BCUT2D eigenvalue weighted by atomic mass is 9.98. The molecule has 38 heavy (non-hydrogen) atoms. The molecule has 5 aromatic carbocycles. The lowest BCUT2D eigenvalue weighted by Crippen LogP contribution is -2.59. The fourth-order valence-corrected chi connectivity index (χ4v) is 8.37. The van der Waals surface area contributed by atoms with Gasteiger partial charge in [-0.05, 0) is 35.1 Å². The minimum absolute atomic E-state index is 0.121. The van der Waals surface area contributed by atoms with Crippen molar-refractivity contribution in [3.63, 3.8) is 0 Å². The summed E-state index contributed by atoms with van der Waals surface area (Å²) < 4.78 is 7.18. The summed E-state index contributed by atoms with van der Waals surface area (Å²) in [5.41, 5.74) is 3.27. The van der Waals surface area contributed by atoms with E-state index in [1.165, 1.54) is 0 Å². The van der Waals surface area contributed by atoms with Crippen LogP contribution in [0, 0.1) is 0 Å². The number of carbonyl (C=O) groups excluding carboxylic acids is 1. The first-order valence-electron chi connectivity index (χ1n) is 12.6. The van der Waals surface area contributed by atoms with Crippen molar-refractivity contribution in [2.24, 2.45) is 0 Å². The molecular weight excluding hydrogens is 506 g/mol. The molecule has 1 atom stereocenters. The highest BCUT2D eigenvalue weighted by Gasteiger charge is 2.40. The van der Waals surface area contributed by atoms with E-state index in [-0.39, 0.29) is 5.78 Å². The number of ketones is 1. The summed E-state index contributed by atoms with van der Waals surface area (Å²) in [6, 6.07) is 41.9. The highest BCUT2D eigenvalue weighted by Crippen LogP contribution is 2.35. The smallest absolute Gasteiger partial charge is 0.254 e. The fraction of sp³-hybridized carbons (Fsp3) is 0.0606. The van der Waals surface area contributed by atoms with Gasteiger partial charge < -0.3 is 9.41 Å². The summed E-state index contributed by atoms with van der Waals surface area (Å²) in [5, 5.41) is 4.89. The van der Waals surface area contributed by atoms with Gasteiger partial charge in [0.1, 0.15) is 6.10 Å². The van der Waals surface area contributed by atoms with Crippen LogP contribution in [-0.2, 0) is 4.43 Å². The van der Waals surface area contributed by atoms with Crippen LogP contribution in [0.3, 0.4) is 0 Å². The van der Waals surface area contributed by atoms with E-state index in [4.69, 9.17) is 16.0 Å². The monoisotopic (exact) mass is 531 g/mol. The highest BCUT2D eigenvalue weighted by atomic mass is 35.5. The number of Topliss-reactive ketones (excluding diaryl/α,β-unsaturated/α-hetero) is 1. The van der Waals surface area contributed by atoms with Crippen molar-refractivity contribution in [2.75, 3.05) is 0 Å². The molecule has 0 saturated carbocycles.